The van der Waals surface area contributed by atoms with Gasteiger partial charge in [-0.1, -0.05) is 24.3 Å². The molecule has 0 amide bonds. The van der Waals surface area contributed by atoms with Crippen molar-refractivity contribution in [3.05, 3.63) is 47.7 Å². The van der Waals surface area contributed by atoms with Crippen molar-refractivity contribution in [2.45, 2.75) is 13.5 Å². The number of nitrogens with zero attached hydrogens (tertiary/aromatic N) is 1. The van der Waals surface area contributed by atoms with E-state index in [0.717, 1.165) is 29.9 Å². The van der Waals surface area contributed by atoms with Crippen LogP contribution in [0.15, 0.2) is 40.8 Å². The predicted octanol–water partition coefficient (Wildman–Crippen LogP) is 2.91. The molecule has 0 bridgehead atoms. The first kappa shape index (κ1) is 13.1. The lowest BCUT2D eigenvalue weighted by Gasteiger charge is -2.18. The van der Waals surface area contributed by atoms with Crippen LogP contribution in [0.5, 0.6) is 0 Å². The van der Waals surface area contributed by atoms with Gasteiger partial charge in [0.15, 0.2) is 0 Å². The fraction of sp³-hybridized carbons (Fsp3) is 0.444. The van der Waals surface area contributed by atoms with Crippen LogP contribution in [0.1, 0.15) is 11.3 Å². The topological polar surface area (TPSA) is 28.4 Å². The number of aryl methyl sites for hydroxylation is 1. The van der Waals surface area contributed by atoms with Crippen LogP contribution in [-0.4, -0.2) is 31.1 Å². The average Bonchev–Trinajstić information content (AvgIpc) is 3.15. The van der Waals surface area contributed by atoms with Gasteiger partial charge in [-0.05, 0) is 49.5 Å². The molecule has 110 valence electrons. The third-order valence-corrected chi connectivity index (χ3v) is 4.88. The molecule has 0 aliphatic carbocycles. The zero-order valence-electron chi connectivity index (χ0n) is 12.5. The Kier molecular flexibility index (Phi) is 3.32. The molecule has 2 aromatic rings. The smallest absolute Gasteiger partial charge is 0.134 e. The first-order valence-electron chi connectivity index (χ1n) is 7.87. The Hall–Kier alpha value is -1.58. The first-order chi connectivity index (χ1) is 10.3. The molecule has 0 radical (unpaired) electrons. The summed E-state index contributed by atoms with van der Waals surface area (Å²) in [4.78, 5) is 2.60. The molecule has 2 aliphatic rings. The minimum absolute atomic E-state index is 0.850. The SMILES string of the molecule is Cc1ccc(-c2ccccc2CN2C[C@H]3CNC[C@H]3C2)o1. The Labute approximate surface area is 126 Å². The molecule has 2 fully saturated rings. The Morgan fingerprint density at radius 2 is 1.86 bits per heavy atom. The van der Waals surface area contributed by atoms with Crippen LogP contribution in [-0.2, 0) is 6.54 Å². The van der Waals surface area contributed by atoms with Gasteiger partial charge in [-0.2, -0.15) is 0 Å². The molecule has 2 aliphatic heterocycles. The number of rotatable bonds is 3. The van der Waals surface area contributed by atoms with Crippen LogP contribution in [0.25, 0.3) is 11.3 Å². The lowest BCUT2D eigenvalue weighted by atomic mass is 10.0. The van der Waals surface area contributed by atoms with Gasteiger partial charge in [0.2, 0.25) is 0 Å². The number of benzene rings is 1. The van der Waals surface area contributed by atoms with Gasteiger partial charge < -0.3 is 9.73 Å². The largest absolute Gasteiger partial charge is 0.461 e. The van der Waals surface area contributed by atoms with E-state index in [0.29, 0.717) is 0 Å². The van der Waals surface area contributed by atoms with Gasteiger partial charge in [-0.25, -0.2) is 0 Å². The van der Waals surface area contributed by atoms with Gasteiger partial charge in [-0.3, -0.25) is 4.90 Å². The number of nitrogens with one attached hydrogen (secondary N) is 1. The quantitative estimate of drug-likeness (QED) is 0.938. The maximum atomic E-state index is 5.82. The van der Waals surface area contributed by atoms with Gasteiger partial charge >= 0.3 is 0 Å². The molecule has 3 nitrogen and oxygen atoms in total. The fourth-order valence-electron chi connectivity index (χ4n) is 3.80. The summed E-state index contributed by atoms with van der Waals surface area (Å²) in [6.45, 7) is 7.87. The number of furan rings is 1. The van der Waals surface area contributed by atoms with Crippen LogP contribution < -0.4 is 5.32 Å². The monoisotopic (exact) mass is 282 g/mol. The molecule has 21 heavy (non-hydrogen) atoms. The summed E-state index contributed by atoms with van der Waals surface area (Å²) in [5.41, 5.74) is 2.61. The molecule has 1 N–H and O–H groups in total. The molecule has 3 heteroatoms. The minimum atomic E-state index is 0.850. The van der Waals surface area contributed by atoms with E-state index in [9.17, 15) is 0 Å². The van der Waals surface area contributed by atoms with Crippen LogP contribution in [0.3, 0.4) is 0 Å². The van der Waals surface area contributed by atoms with Gasteiger partial charge in [0.25, 0.3) is 0 Å². The summed E-state index contributed by atoms with van der Waals surface area (Å²) >= 11 is 0. The summed E-state index contributed by atoms with van der Waals surface area (Å²) in [5, 5.41) is 3.51. The number of hydrogen-bond acceptors (Lipinski definition) is 3. The highest BCUT2D eigenvalue weighted by Gasteiger charge is 2.35. The molecule has 2 saturated heterocycles. The molecule has 0 unspecified atom stereocenters. The van der Waals surface area contributed by atoms with Crippen molar-refractivity contribution in [2.24, 2.45) is 11.8 Å². The van der Waals surface area contributed by atoms with Crippen LogP contribution in [0, 0.1) is 18.8 Å². The van der Waals surface area contributed by atoms with Gasteiger partial charge in [0.1, 0.15) is 11.5 Å². The van der Waals surface area contributed by atoms with E-state index in [-0.39, 0.29) is 0 Å². The van der Waals surface area contributed by atoms with Crippen molar-refractivity contribution >= 4 is 0 Å². The number of likely N-dealkylation sites (tertiary alicyclic amines) is 1. The predicted molar refractivity (Wildman–Crippen MR) is 84.0 cm³/mol. The molecular weight excluding hydrogens is 260 g/mol. The summed E-state index contributed by atoms with van der Waals surface area (Å²) in [5.74, 6) is 3.66. The van der Waals surface area contributed by atoms with Crippen LogP contribution in [0.4, 0.5) is 0 Å². The maximum absolute atomic E-state index is 5.82. The Bertz CT molecular complexity index is 622. The molecule has 0 saturated carbocycles. The van der Waals surface area contributed by atoms with E-state index >= 15 is 0 Å². The second-order valence-electron chi connectivity index (χ2n) is 6.44. The van der Waals surface area contributed by atoms with Crippen molar-refractivity contribution in [3.63, 3.8) is 0 Å². The third kappa shape index (κ3) is 2.52. The Morgan fingerprint density at radius 1 is 1.10 bits per heavy atom. The zero-order chi connectivity index (χ0) is 14.2. The fourth-order valence-corrected chi connectivity index (χ4v) is 3.80. The number of fused-ring (bicyclic) bond motifs is 1. The van der Waals surface area contributed by atoms with Crippen molar-refractivity contribution in [1.82, 2.24) is 10.2 Å². The van der Waals surface area contributed by atoms with E-state index in [4.69, 9.17) is 4.42 Å². The molecular formula is C18H22N2O. The second-order valence-corrected chi connectivity index (χ2v) is 6.44. The lowest BCUT2D eigenvalue weighted by molar-refractivity contribution is 0.306. The molecule has 0 spiro atoms. The van der Waals surface area contributed by atoms with E-state index in [2.05, 4.69) is 40.5 Å². The summed E-state index contributed by atoms with van der Waals surface area (Å²) in [6, 6.07) is 12.8. The lowest BCUT2D eigenvalue weighted by Crippen LogP contribution is -2.25. The summed E-state index contributed by atoms with van der Waals surface area (Å²) < 4.78 is 5.82. The van der Waals surface area contributed by atoms with Crippen LogP contribution >= 0.6 is 0 Å². The number of hydrogen-bond donors (Lipinski definition) is 1. The molecule has 1 aromatic heterocycles. The summed E-state index contributed by atoms with van der Waals surface area (Å²) in [7, 11) is 0. The molecule has 3 heterocycles. The second kappa shape index (κ2) is 5.32. The first-order valence-corrected chi connectivity index (χ1v) is 7.87. The standard InChI is InChI=1S/C18H22N2O/c1-13-6-7-18(21-13)17-5-3-2-4-14(17)10-20-11-15-8-19-9-16(15)12-20/h2-7,15-16,19H,8-12H2,1H3/t15-,16+. The normalized spacial score (nSPS) is 25.4. The van der Waals surface area contributed by atoms with E-state index in [1.807, 2.05) is 13.0 Å². The van der Waals surface area contributed by atoms with Gasteiger partial charge in [0.05, 0.1) is 0 Å². The third-order valence-electron chi connectivity index (χ3n) is 4.88. The van der Waals surface area contributed by atoms with Crippen molar-refractivity contribution < 1.29 is 4.42 Å². The van der Waals surface area contributed by atoms with E-state index in [1.165, 1.54) is 37.3 Å². The molecule has 1 aromatic carbocycles. The average molecular weight is 282 g/mol. The van der Waals surface area contributed by atoms with Crippen molar-refractivity contribution in [3.8, 4) is 11.3 Å². The van der Waals surface area contributed by atoms with Gasteiger partial charge in [0, 0.05) is 25.2 Å². The molecule has 2 atom stereocenters. The highest BCUT2D eigenvalue weighted by atomic mass is 16.3. The van der Waals surface area contributed by atoms with Crippen molar-refractivity contribution in [1.29, 1.82) is 0 Å². The van der Waals surface area contributed by atoms with E-state index < -0.39 is 0 Å². The zero-order valence-corrected chi connectivity index (χ0v) is 12.5. The Balaban J connectivity index is 1.55. The van der Waals surface area contributed by atoms with Crippen LogP contribution in [0.2, 0.25) is 0 Å². The van der Waals surface area contributed by atoms with E-state index in [1.54, 1.807) is 0 Å². The summed E-state index contributed by atoms with van der Waals surface area (Å²) in [6.07, 6.45) is 0. The highest BCUT2D eigenvalue weighted by molar-refractivity contribution is 5.62. The highest BCUT2D eigenvalue weighted by Crippen LogP contribution is 2.31. The Morgan fingerprint density at radius 3 is 2.57 bits per heavy atom. The minimum Gasteiger partial charge on any atom is -0.461 e. The maximum Gasteiger partial charge on any atom is 0.134 e. The van der Waals surface area contributed by atoms with Crippen molar-refractivity contribution in [2.75, 3.05) is 26.2 Å². The van der Waals surface area contributed by atoms with Gasteiger partial charge in [-0.15, -0.1) is 0 Å². The molecule has 4 rings (SSSR count).